The van der Waals surface area contributed by atoms with Gasteiger partial charge in [-0.2, -0.15) is 0 Å². The fraction of sp³-hybridized carbons (Fsp3) is 0.400. The molecule has 1 fully saturated rings. The first-order valence-corrected chi connectivity index (χ1v) is 6.41. The lowest BCUT2D eigenvalue weighted by Gasteiger charge is -2.26. The van der Waals surface area contributed by atoms with Crippen molar-refractivity contribution < 1.29 is 4.79 Å². The Balaban J connectivity index is 1.78. The van der Waals surface area contributed by atoms with Crippen molar-refractivity contribution in [3.8, 4) is 0 Å². The smallest absolute Gasteiger partial charge is 0.229 e. The summed E-state index contributed by atoms with van der Waals surface area (Å²) < 4.78 is 0. The highest BCUT2D eigenvalue weighted by molar-refractivity contribution is 5.81. The highest BCUT2D eigenvalue weighted by atomic mass is 16.2. The van der Waals surface area contributed by atoms with Gasteiger partial charge in [0.2, 0.25) is 5.91 Å². The molecule has 0 spiro atoms. The van der Waals surface area contributed by atoms with Crippen LogP contribution in [0.15, 0.2) is 30.5 Å². The van der Waals surface area contributed by atoms with Gasteiger partial charge in [0.1, 0.15) is 0 Å². The Morgan fingerprint density at radius 3 is 2.76 bits per heavy atom. The van der Waals surface area contributed by atoms with Gasteiger partial charge in [-0.1, -0.05) is 37.1 Å². The van der Waals surface area contributed by atoms with Crippen LogP contribution in [0.25, 0.3) is 6.08 Å². The van der Waals surface area contributed by atoms with Crippen molar-refractivity contribution in [1.82, 2.24) is 4.90 Å². The first-order chi connectivity index (χ1) is 8.34. The molecule has 2 aliphatic rings. The summed E-state index contributed by atoms with van der Waals surface area (Å²) in [6.45, 7) is 0.738. The van der Waals surface area contributed by atoms with Gasteiger partial charge in [-0.25, -0.2) is 0 Å². The van der Waals surface area contributed by atoms with Gasteiger partial charge in [0.25, 0.3) is 0 Å². The third-order valence-corrected chi connectivity index (χ3v) is 3.82. The summed E-state index contributed by atoms with van der Waals surface area (Å²) in [6.07, 6.45) is 8.57. The number of carbonyl (C=O) groups excluding carboxylic acids is 1. The lowest BCUT2D eigenvalue weighted by molar-refractivity contribution is -0.133. The predicted octanol–water partition coefficient (Wildman–Crippen LogP) is 3.19. The van der Waals surface area contributed by atoms with Crippen LogP contribution in [0.3, 0.4) is 0 Å². The number of nitrogens with zero attached hydrogens (tertiary/aromatic N) is 1. The average Bonchev–Trinajstić information content (AvgIpc) is 2.91. The molecule has 0 bridgehead atoms. The largest absolute Gasteiger partial charge is 0.314 e. The summed E-state index contributed by atoms with van der Waals surface area (Å²) in [5.74, 6) is 0.582. The number of amides is 1. The standard InChI is InChI=1S/C15H17NO/c17-15(13-6-2-3-7-13)16-10-9-12-5-1-4-8-14(12)11-16/h1,4-5,8-10,13H,2-3,6-7,11H2. The van der Waals surface area contributed by atoms with Gasteiger partial charge < -0.3 is 4.90 Å². The molecule has 1 aromatic carbocycles. The molecular weight excluding hydrogens is 210 g/mol. The zero-order chi connectivity index (χ0) is 11.7. The number of fused-ring (bicyclic) bond motifs is 1. The Morgan fingerprint density at radius 1 is 1.18 bits per heavy atom. The van der Waals surface area contributed by atoms with Crippen LogP contribution in [0, 0.1) is 5.92 Å². The lowest BCUT2D eigenvalue weighted by Crippen LogP contribution is -2.32. The van der Waals surface area contributed by atoms with E-state index in [4.69, 9.17) is 0 Å². The molecule has 1 saturated carbocycles. The number of carbonyl (C=O) groups is 1. The van der Waals surface area contributed by atoms with Crippen LogP contribution in [0.5, 0.6) is 0 Å². The van der Waals surface area contributed by atoms with E-state index in [0.717, 1.165) is 19.4 Å². The minimum absolute atomic E-state index is 0.268. The number of hydrogen-bond donors (Lipinski definition) is 0. The number of benzene rings is 1. The molecular formula is C15H17NO. The first kappa shape index (κ1) is 10.6. The van der Waals surface area contributed by atoms with Gasteiger partial charge in [0.05, 0.1) is 6.54 Å². The molecule has 0 saturated heterocycles. The molecule has 1 aromatic rings. The molecule has 2 heteroatoms. The molecule has 1 aliphatic heterocycles. The predicted molar refractivity (Wildman–Crippen MR) is 68.0 cm³/mol. The van der Waals surface area contributed by atoms with E-state index in [2.05, 4.69) is 12.1 Å². The molecule has 0 atom stereocenters. The highest BCUT2D eigenvalue weighted by Crippen LogP contribution is 2.29. The zero-order valence-electron chi connectivity index (χ0n) is 9.93. The van der Waals surface area contributed by atoms with Crippen LogP contribution in [0.1, 0.15) is 36.8 Å². The Bertz CT molecular complexity index is 458. The van der Waals surface area contributed by atoms with Gasteiger partial charge in [-0.05, 0) is 30.0 Å². The highest BCUT2D eigenvalue weighted by Gasteiger charge is 2.27. The van der Waals surface area contributed by atoms with E-state index in [9.17, 15) is 4.79 Å². The van der Waals surface area contributed by atoms with Gasteiger partial charge in [0, 0.05) is 12.1 Å². The van der Waals surface area contributed by atoms with E-state index in [1.54, 1.807) is 0 Å². The molecule has 1 heterocycles. The Hall–Kier alpha value is -1.57. The summed E-state index contributed by atoms with van der Waals surface area (Å²) in [7, 11) is 0. The summed E-state index contributed by atoms with van der Waals surface area (Å²) in [5, 5.41) is 0. The summed E-state index contributed by atoms with van der Waals surface area (Å²) >= 11 is 0. The van der Waals surface area contributed by atoms with E-state index < -0.39 is 0 Å². The normalized spacial score (nSPS) is 19.4. The molecule has 1 aliphatic carbocycles. The summed E-state index contributed by atoms with van der Waals surface area (Å²) in [6, 6.07) is 8.28. The Labute approximate surface area is 102 Å². The monoisotopic (exact) mass is 227 g/mol. The van der Waals surface area contributed by atoms with Crippen LogP contribution in [-0.2, 0) is 11.3 Å². The van der Waals surface area contributed by atoms with E-state index in [1.807, 2.05) is 29.3 Å². The molecule has 2 nitrogen and oxygen atoms in total. The van der Waals surface area contributed by atoms with Gasteiger partial charge >= 0.3 is 0 Å². The quantitative estimate of drug-likeness (QED) is 0.721. The molecule has 3 rings (SSSR count). The first-order valence-electron chi connectivity index (χ1n) is 6.41. The molecule has 0 radical (unpaired) electrons. The molecule has 0 N–H and O–H groups in total. The molecule has 0 aromatic heterocycles. The van der Waals surface area contributed by atoms with Crippen LogP contribution in [0.2, 0.25) is 0 Å². The fourth-order valence-electron chi connectivity index (χ4n) is 2.81. The van der Waals surface area contributed by atoms with Crippen molar-refractivity contribution in [2.24, 2.45) is 5.92 Å². The second kappa shape index (κ2) is 4.36. The van der Waals surface area contributed by atoms with Crippen molar-refractivity contribution in [1.29, 1.82) is 0 Å². The van der Waals surface area contributed by atoms with Gasteiger partial charge in [-0.15, -0.1) is 0 Å². The molecule has 17 heavy (non-hydrogen) atoms. The summed E-state index contributed by atoms with van der Waals surface area (Å²) in [4.78, 5) is 14.2. The topological polar surface area (TPSA) is 20.3 Å². The third kappa shape index (κ3) is 1.99. The zero-order valence-corrected chi connectivity index (χ0v) is 9.93. The lowest BCUT2D eigenvalue weighted by atomic mass is 10.0. The van der Waals surface area contributed by atoms with Crippen LogP contribution in [0.4, 0.5) is 0 Å². The Kier molecular flexibility index (Phi) is 2.71. The van der Waals surface area contributed by atoms with Crippen LogP contribution >= 0.6 is 0 Å². The summed E-state index contributed by atoms with van der Waals surface area (Å²) in [5.41, 5.74) is 2.49. The van der Waals surface area contributed by atoms with E-state index >= 15 is 0 Å². The number of rotatable bonds is 1. The van der Waals surface area contributed by atoms with Crippen LogP contribution in [-0.4, -0.2) is 10.8 Å². The Morgan fingerprint density at radius 2 is 1.94 bits per heavy atom. The second-order valence-corrected chi connectivity index (χ2v) is 4.96. The minimum Gasteiger partial charge on any atom is -0.314 e. The van der Waals surface area contributed by atoms with Gasteiger partial charge in [0.15, 0.2) is 0 Å². The van der Waals surface area contributed by atoms with Crippen molar-refractivity contribution in [2.75, 3.05) is 0 Å². The minimum atomic E-state index is 0.268. The van der Waals surface area contributed by atoms with Crippen molar-refractivity contribution >= 4 is 12.0 Å². The van der Waals surface area contributed by atoms with Gasteiger partial charge in [-0.3, -0.25) is 4.79 Å². The molecule has 1 amide bonds. The van der Waals surface area contributed by atoms with Crippen molar-refractivity contribution in [2.45, 2.75) is 32.2 Å². The third-order valence-electron chi connectivity index (χ3n) is 3.82. The maximum Gasteiger partial charge on any atom is 0.229 e. The second-order valence-electron chi connectivity index (χ2n) is 4.96. The van der Waals surface area contributed by atoms with E-state index in [0.29, 0.717) is 5.91 Å². The average molecular weight is 227 g/mol. The molecule has 0 unspecified atom stereocenters. The van der Waals surface area contributed by atoms with E-state index in [1.165, 1.54) is 24.0 Å². The molecule has 88 valence electrons. The maximum atomic E-state index is 12.3. The van der Waals surface area contributed by atoms with Crippen molar-refractivity contribution in [3.05, 3.63) is 41.6 Å². The fourth-order valence-corrected chi connectivity index (χ4v) is 2.81. The van der Waals surface area contributed by atoms with E-state index in [-0.39, 0.29) is 5.92 Å². The SMILES string of the molecule is O=C(C1CCCC1)N1C=Cc2ccccc2C1. The maximum absolute atomic E-state index is 12.3. The van der Waals surface area contributed by atoms with Crippen LogP contribution < -0.4 is 0 Å². The van der Waals surface area contributed by atoms with Crippen molar-refractivity contribution in [3.63, 3.8) is 0 Å². The number of hydrogen-bond acceptors (Lipinski definition) is 1.